The van der Waals surface area contributed by atoms with E-state index in [2.05, 4.69) is 45.1 Å². The number of hydrogen-bond acceptors (Lipinski definition) is 3. The molecule has 0 aromatic carbocycles. The number of ether oxygens (including phenoxy) is 1. The van der Waals surface area contributed by atoms with E-state index in [0.29, 0.717) is 17.7 Å². The van der Waals surface area contributed by atoms with Gasteiger partial charge >= 0.3 is 0 Å². The van der Waals surface area contributed by atoms with Crippen molar-refractivity contribution in [3.8, 4) is 0 Å². The zero-order chi connectivity index (χ0) is 13.4. The maximum Gasteiger partial charge on any atom is 0.0655 e. The summed E-state index contributed by atoms with van der Waals surface area (Å²) in [6, 6.07) is 0.617. The van der Waals surface area contributed by atoms with Crippen LogP contribution in [0.4, 0.5) is 0 Å². The first kappa shape index (κ1) is 14.3. The third-order valence-electron chi connectivity index (χ3n) is 5.46. The fraction of sp³-hybridized carbons (Fsp3) is 1.00. The highest BCUT2D eigenvalue weighted by atomic mass is 16.5. The molecule has 0 spiro atoms. The molecular weight excluding hydrogens is 224 g/mol. The maximum atomic E-state index is 5.79. The summed E-state index contributed by atoms with van der Waals surface area (Å²) in [7, 11) is 4.44. The second kappa shape index (κ2) is 5.10. The van der Waals surface area contributed by atoms with Gasteiger partial charge in [-0.3, -0.25) is 0 Å². The van der Waals surface area contributed by atoms with Crippen molar-refractivity contribution < 1.29 is 4.74 Å². The van der Waals surface area contributed by atoms with Crippen LogP contribution in [0.3, 0.4) is 0 Å². The van der Waals surface area contributed by atoms with Crippen LogP contribution >= 0.6 is 0 Å². The highest BCUT2D eigenvalue weighted by molar-refractivity contribution is 5.05. The van der Waals surface area contributed by atoms with E-state index >= 15 is 0 Å². The molecule has 18 heavy (non-hydrogen) atoms. The lowest BCUT2D eigenvalue weighted by Gasteiger charge is -2.55. The molecule has 0 aromatic rings. The van der Waals surface area contributed by atoms with Gasteiger partial charge in [0.1, 0.15) is 0 Å². The highest BCUT2D eigenvalue weighted by Gasteiger charge is 2.50. The maximum absolute atomic E-state index is 5.79. The van der Waals surface area contributed by atoms with Crippen LogP contribution in [0.2, 0.25) is 0 Å². The van der Waals surface area contributed by atoms with Crippen LogP contribution in [0, 0.1) is 5.41 Å². The lowest BCUT2D eigenvalue weighted by atomic mass is 9.64. The topological polar surface area (TPSA) is 24.5 Å². The largest absolute Gasteiger partial charge is 0.378 e. The fourth-order valence-corrected chi connectivity index (χ4v) is 3.40. The molecule has 0 radical (unpaired) electrons. The Labute approximate surface area is 112 Å². The van der Waals surface area contributed by atoms with Gasteiger partial charge in [0.25, 0.3) is 0 Å². The Balaban J connectivity index is 1.82. The average molecular weight is 254 g/mol. The monoisotopic (exact) mass is 254 g/mol. The Hall–Kier alpha value is -0.120. The Bertz CT molecular complexity index is 284. The van der Waals surface area contributed by atoms with E-state index in [1.807, 2.05) is 0 Å². The molecular formula is C15H30N2O. The molecule has 0 bridgehead atoms. The zero-order valence-corrected chi connectivity index (χ0v) is 12.8. The van der Waals surface area contributed by atoms with E-state index in [0.717, 1.165) is 13.2 Å². The third-order valence-corrected chi connectivity index (χ3v) is 5.46. The van der Waals surface area contributed by atoms with Crippen molar-refractivity contribution in [3.63, 3.8) is 0 Å². The van der Waals surface area contributed by atoms with Crippen LogP contribution < -0.4 is 5.32 Å². The molecule has 0 saturated heterocycles. The standard InChI is InChI=1S/C15H30N2O/c1-6-18-13-10-12(14(13,2)3)16-11-15(17(4)5)8-7-9-15/h12-13,16H,6-11H2,1-5H3. The predicted molar refractivity (Wildman–Crippen MR) is 75.9 cm³/mol. The molecule has 2 aliphatic rings. The number of nitrogens with one attached hydrogen (secondary N) is 1. The smallest absolute Gasteiger partial charge is 0.0655 e. The number of nitrogens with zero attached hydrogens (tertiary/aromatic N) is 1. The first-order valence-corrected chi connectivity index (χ1v) is 7.45. The van der Waals surface area contributed by atoms with Gasteiger partial charge in [-0.25, -0.2) is 0 Å². The summed E-state index contributed by atoms with van der Waals surface area (Å²) in [5.41, 5.74) is 0.708. The van der Waals surface area contributed by atoms with Gasteiger partial charge in [-0.15, -0.1) is 0 Å². The molecule has 3 heteroatoms. The van der Waals surface area contributed by atoms with E-state index < -0.39 is 0 Å². The van der Waals surface area contributed by atoms with Crippen molar-refractivity contribution in [2.24, 2.45) is 5.41 Å². The van der Waals surface area contributed by atoms with Crippen molar-refractivity contribution in [2.75, 3.05) is 27.2 Å². The second-order valence-corrected chi connectivity index (χ2v) is 6.91. The van der Waals surface area contributed by atoms with Gasteiger partial charge in [0.2, 0.25) is 0 Å². The molecule has 2 rings (SSSR count). The first-order chi connectivity index (χ1) is 8.42. The van der Waals surface area contributed by atoms with Crippen molar-refractivity contribution in [1.29, 1.82) is 0 Å². The highest BCUT2D eigenvalue weighted by Crippen LogP contribution is 2.43. The van der Waals surface area contributed by atoms with Crippen LogP contribution in [0.15, 0.2) is 0 Å². The predicted octanol–water partition coefficient (Wildman–Crippen LogP) is 2.26. The van der Waals surface area contributed by atoms with E-state index in [1.165, 1.54) is 25.7 Å². The molecule has 2 aliphatic carbocycles. The minimum atomic E-state index is 0.285. The minimum Gasteiger partial charge on any atom is -0.378 e. The van der Waals surface area contributed by atoms with Gasteiger partial charge < -0.3 is 15.0 Å². The Morgan fingerprint density at radius 1 is 1.28 bits per heavy atom. The molecule has 1 N–H and O–H groups in total. The molecule has 2 unspecified atom stereocenters. The molecule has 0 heterocycles. The summed E-state index contributed by atoms with van der Waals surface area (Å²) >= 11 is 0. The minimum absolute atomic E-state index is 0.285. The van der Waals surface area contributed by atoms with Crippen LogP contribution in [0.25, 0.3) is 0 Å². The summed E-state index contributed by atoms with van der Waals surface area (Å²) in [5.74, 6) is 0. The summed E-state index contributed by atoms with van der Waals surface area (Å²) in [6.45, 7) is 8.72. The Morgan fingerprint density at radius 2 is 1.94 bits per heavy atom. The molecule has 106 valence electrons. The van der Waals surface area contributed by atoms with Crippen LogP contribution in [0.5, 0.6) is 0 Å². The number of rotatable bonds is 6. The van der Waals surface area contributed by atoms with E-state index in [4.69, 9.17) is 4.74 Å². The Morgan fingerprint density at radius 3 is 2.33 bits per heavy atom. The zero-order valence-electron chi connectivity index (χ0n) is 12.8. The van der Waals surface area contributed by atoms with Gasteiger partial charge in [-0.1, -0.05) is 13.8 Å². The normalized spacial score (nSPS) is 33.0. The lowest BCUT2D eigenvalue weighted by molar-refractivity contribution is -0.117. The first-order valence-electron chi connectivity index (χ1n) is 7.45. The quantitative estimate of drug-likeness (QED) is 0.787. The van der Waals surface area contributed by atoms with Crippen LogP contribution in [-0.4, -0.2) is 49.8 Å². The average Bonchev–Trinajstić information content (AvgIpc) is 2.24. The van der Waals surface area contributed by atoms with Gasteiger partial charge in [0.05, 0.1) is 6.10 Å². The molecule has 0 amide bonds. The van der Waals surface area contributed by atoms with E-state index in [9.17, 15) is 0 Å². The van der Waals surface area contributed by atoms with Gasteiger partial charge in [0.15, 0.2) is 0 Å². The van der Waals surface area contributed by atoms with Gasteiger partial charge in [-0.2, -0.15) is 0 Å². The number of likely N-dealkylation sites (N-methyl/N-ethyl adjacent to an activating group) is 1. The van der Waals surface area contributed by atoms with E-state index in [1.54, 1.807) is 0 Å². The van der Waals surface area contributed by atoms with Crippen molar-refractivity contribution in [2.45, 2.75) is 64.1 Å². The van der Waals surface area contributed by atoms with Crippen molar-refractivity contribution >= 4 is 0 Å². The Kier molecular flexibility index (Phi) is 4.05. The summed E-state index contributed by atoms with van der Waals surface area (Å²) in [5, 5.41) is 3.80. The molecule has 2 fully saturated rings. The summed E-state index contributed by atoms with van der Waals surface area (Å²) in [4.78, 5) is 2.41. The van der Waals surface area contributed by atoms with Gasteiger partial charge in [0, 0.05) is 30.1 Å². The van der Waals surface area contributed by atoms with Crippen molar-refractivity contribution in [1.82, 2.24) is 10.2 Å². The SMILES string of the molecule is CCOC1CC(NCC2(N(C)C)CCC2)C1(C)C. The van der Waals surface area contributed by atoms with Crippen LogP contribution in [-0.2, 0) is 4.74 Å². The van der Waals surface area contributed by atoms with Crippen molar-refractivity contribution in [3.05, 3.63) is 0 Å². The summed E-state index contributed by atoms with van der Waals surface area (Å²) in [6.07, 6.45) is 5.68. The summed E-state index contributed by atoms with van der Waals surface area (Å²) < 4.78 is 5.79. The second-order valence-electron chi connectivity index (χ2n) is 6.91. The molecule has 0 aliphatic heterocycles. The molecule has 0 aromatic heterocycles. The van der Waals surface area contributed by atoms with Gasteiger partial charge in [-0.05, 0) is 46.7 Å². The molecule has 2 atom stereocenters. The lowest BCUT2D eigenvalue weighted by Crippen LogP contribution is -2.65. The third kappa shape index (κ3) is 2.33. The van der Waals surface area contributed by atoms with Crippen LogP contribution in [0.1, 0.15) is 46.5 Å². The fourth-order valence-electron chi connectivity index (χ4n) is 3.40. The molecule has 3 nitrogen and oxygen atoms in total. The molecule has 2 saturated carbocycles. The number of hydrogen-bond donors (Lipinski definition) is 1. The van der Waals surface area contributed by atoms with E-state index in [-0.39, 0.29) is 5.41 Å².